The number of nitrogens with zero attached hydrogens (tertiary/aromatic N) is 3. The van der Waals surface area contributed by atoms with Crippen molar-refractivity contribution >= 4 is 23.5 Å². The number of nitriles is 2. The zero-order valence-electron chi connectivity index (χ0n) is 8.70. The van der Waals surface area contributed by atoms with Gasteiger partial charge >= 0.3 is 0 Å². The summed E-state index contributed by atoms with van der Waals surface area (Å²) in [5.74, 6) is 0. The van der Waals surface area contributed by atoms with Crippen LogP contribution in [-0.2, 0) is 0 Å². The Bertz CT molecular complexity index is 590. The molecule has 1 aromatic carbocycles. The quantitative estimate of drug-likeness (QED) is 0.622. The first-order valence-electron chi connectivity index (χ1n) is 4.75. The molecule has 0 spiro atoms. The van der Waals surface area contributed by atoms with Gasteiger partial charge in [-0.05, 0) is 30.0 Å². The van der Waals surface area contributed by atoms with Gasteiger partial charge in [0.2, 0.25) is 0 Å². The van der Waals surface area contributed by atoms with E-state index in [9.17, 15) is 0 Å². The van der Waals surface area contributed by atoms with Crippen LogP contribution in [0.2, 0.25) is 0 Å². The number of hydrogen-bond donors (Lipinski definition) is 0. The van der Waals surface area contributed by atoms with Crippen LogP contribution in [0.25, 0.3) is 5.69 Å². The van der Waals surface area contributed by atoms with Crippen LogP contribution in [0.5, 0.6) is 0 Å². The lowest BCUT2D eigenvalue weighted by molar-refractivity contribution is 0.928. The van der Waals surface area contributed by atoms with Crippen molar-refractivity contribution in [1.82, 2.24) is 4.57 Å². The number of rotatable bonds is 3. The Kier molecular flexibility index (Phi) is 3.77. The SMILES string of the molecule is N#CSc1ccn(-c2ccccc2)c1SC#N. The van der Waals surface area contributed by atoms with E-state index in [0.717, 1.165) is 39.1 Å². The van der Waals surface area contributed by atoms with Crippen molar-refractivity contribution in [3.8, 4) is 16.5 Å². The van der Waals surface area contributed by atoms with E-state index in [1.807, 2.05) is 52.6 Å². The van der Waals surface area contributed by atoms with Crippen LogP contribution in [0.3, 0.4) is 0 Å². The third kappa shape index (κ3) is 2.47. The molecule has 1 aromatic heterocycles. The van der Waals surface area contributed by atoms with Crippen molar-refractivity contribution in [3.05, 3.63) is 42.6 Å². The van der Waals surface area contributed by atoms with Crippen LogP contribution in [0.4, 0.5) is 0 Å². The van der Waals surface area contributed by atoms with E-state index in [0.29, 0.717) is 0 Å². The molecule has 0 aliphatic heterocycles. The van der Waals surface area contributed by atoms with Crippen molar-refractivity contribution in [2.24, 2.45) is 0 Å². The van der Waals surface area contributed by atoms with Gasteiger partial charge in [-0.1, -0.05) is 18.2 Å². The van der Waals surface area contributed by atoms with Crippen molar-refractivity contribution in [2.45, 2.75) is 9.92 Å². The molecule has 0 amide bonds. The smallest absolute Gasteiger partial charge is 0.140 e. The second-order valence-corrected chi connectivity index (χ2v) is 4.68. The first-order valence-corrected chi connectivity index (χ1v) is 6.38. The number of thioether (sulfide) groups is 2. The molecule has 5 heteroatoms. The highest BCUT2D eigenvalue weighted by Gasteiger charge is 2.11. The minimum atomic E-state index is 0.783. The molecule has 0 N–H and O–H groups in total. The molecule has 82 valence electrons. The van der Waals surface area contributed by atoms with Crippen molar-refractivity contribution in [3.63, 3.8) is 0 Å². The second kappa shape index (κ2) is 5.49. The maximum Gasteiger partial charge on any atom is 0.140 e. The molecule has 2 rings (SSSR count). The summed E-state index contributed by atoms with van der Waals surface area (Å²) in [4.78, 5) is 0.808. The second-order valence-electron chi connectivity index (χ2n) is 3.08. The molecule has 1 heterocycles. The summed E-state index contributed by atoms with van der Waals surface area (Å²) in [5.41, 5.74) is 0.982. The highest BCUT2D eigenvalue weighted by atomic mass is 32.2. The van der Waals surface area contributed by atoms with E-state index < -0.39 is 0 Å². The molecule has 0 saturated heterocycles. The summed E-state index contributed by atoms with van der Waals surface area (Å²) >= 11 is 2.14. The maximum absolute atomic E-state index is 8.81. The fourth-order valence-corrected chi connectivity index (χ4v) is 2.64. The minimum Gasteiger partial charge on any atom is -0.310 e. The van der Waals surface area contributed by atoms with E-state index in [1.165, 1.54) is 0 Å². The summed E-state index contributed by atoms with van der Waals surface area (Å²) < 4.78 is 1.91. The molecule has 0 fully saturated rings. The Hall–Kier alpha value is -1.82. The van der Waals surface area contributed by atoms with Crippen molar-refractivity contribution < 1.29 is 0 Å². The van der Waals surface area contributed by atoms with Crippen LogP contribution < -0.4 is 0 Å². The van der Waals surface area contributed by atoms with E-state index in [1.54, 1.807) is 0 Å². The Morgan fingerprint density at radius 3 is 2.29 bits per heavy atom. The summed E-state index contributed by atoms with van der Waals surface area (Å²) in [6.45, 7) is 0. The van der Waals surface area contributed by atoms with Crippen LogP contribution in [0.15, 0.2) is 52.5 Å². The Balaban J connectivity index is 2.49. The van der Waals surface area contributed by atoms with Gasteiger partial charge in [-0.15, -0.1) is 0 Å². The van der Waals surface area contributed by atoms with E-state index in [2.05, 4.69) is 5.40 Å². The van der Waals surface area contributed by atoms with Gasteiger partial charge in [0, 0.05) is 23.6 Å². The summed E-state index contributed by atoms with van der Waals surface area (Å²) in [7, 11) is 0. The average molecular weight is 257 g/mol. The van der Waals surface area contributed by atoms with Gasteiger partial charge in [-0.2, -0.15) is 10.5 Å². The third-order valence-corrected chi connectivity index (χ3v) is 3.61. The molecular weight excluding hydrogens is 250 g/mol. The number of thiocyanates is 2. The van der Waals surface area contributed by atoms with Crippen LogP contribution in [0, 0.1) is 21.3 Å². The molecule has 0 radical (unpaired) electrons. The molecule has 0 saturated carbocycles. The average Bonchev–Trinajstić information content (AvgIpc) is 2.75. The molecule has 3 nitrogen and oxygen atoms in total. The van der Waals surface area contributed by atoms with Crippen LogP contribution >= 0.6 is 23.5 Å². The Morgan fingerprint density at radius 2 is 1.65 bits per heavy atom. The molecule has 0 aliphatic rings. The highest BCUT2D eigenvalue weighted by molar-refractivity contribution is 8.06. The van der Waals surface area contributed by atoms with Gasteiger partial charge in [0.15, 0.2) is 0 Å². The topological polar surface area (TPSA) is 52.5 Å². The number of benzene rings is 1. The largest absolute Gasteiger partial charge is 0.310 e. The standard InChI is InChI=1S/C12H7N3S2/c13-8-16-11-6-7-15(12(11)17-9-14)10-4-2-1-3-5-10/h1-7H. The molecule has 0 atom stereocenters. The lowest BCUT2D eigenvalue weighted by atomic mass is 10.3. The zero-order chi connectivity index (χ0) is 12.1. The first kappa shape index (κ1) is 11.7. The summed E-state index contributed by atoms with van der Waals surface area (Å²) in [5, 5.41) is 22.4. The molecule has 17 heavy (non-hydrogen) atoms. The first-order chi connectivity index (χ1) is 8.36. The van der Waals surface area contributed by atoms with Gasteiger partial charge in [0.1, 0.15) is 15.8 Å². The predicted molar refractivity (Wildman–Crippen MR) is 68.7 cm³/mol. The Morgan fingerprint density at radius 1 is 0.941 bits per heavy atom. The maximum atomic E-state index is 8.81. The number of para-hydroxylation sites is 1. The van der Waals surface area contributed by atoms with E-state index in [-0.39, 0.29) is 0 Å². The predicted octanol–water partition coefficient (Wildman–Crippen LogP) is 3.62. The molecule has 0 aliphatic carbocycles. The van der Waals surface area contributed by atoms with Gasteiger partial charge in [-0.25, -0.2) is 0 Å². The Labute approximate surface area is 108 Å². The van der Waals surface area contributed by atoms with Gasteiger partial charge in [0.05, 0.1) is 4.90 Å². The van der Waals surface area contributed by atoms with Gasteiger partial charge in [-0.3, -0.25) is 0 Å². The molecule has 0 unspecified atom stereocenters. The van der Waals surface area contributed by atoms with E-state index in [4.69, 9.17) is 10.5 Å². The molecular formula is C12H7N3S2. The summed E-state index contributed by atoms with van der Waals surface area (Å²) in [6, 6.07) is 11.6. The van der Waals surface area contributed by atoms with Gasteiger partial charge < -0.3 is 4.57 Å². The zero-order valence-corrected chi connectivity index (χ0v) is 10.3. The molecule has 2 aromatic rings. The minimum absolute atomic E-state index is 0.783. The van der Waals surface area contributed by atoms with Crippen LogP contribution in [0.1, 0.15) is 0 Å². The van der Waals surface area contributed by atoms with Crippen molar-refractivity contribution in [2.75, 3.05) is 0 Å². The lowest BCUT2D eigenvalue weighted by Crippen LogP contribution is -1.92. The third-order valence-electron chi connectivity index (χ3n) is 2.14. The fraction of sp³-hybridized carbons (Fsp3) is 0. The monoisotopic (exact) mass is 257 g/mol. The number of aromatic nitrogens is 1. The normalized spacial score (nSPS) is 9.53. The fourth-order valence-electron chi connectivity index (χ4n) is 1.46. The van der Waals surface area contributed by atoms with Crippen molar-refractivity contribution in [1.29, 1.82) is 10.5 Å². The van der Waals surface area contributed by atoms with Gasteiger partial charge in [0.25, 0.3) is 0 Å². The lowest BCUT2D eigenvalue weighted by Gasteiger charge is -2.06. The number of hydrogen-bond acceptors (Lipinski definition) is 4. The summed E-state index contributed by atoms with van der Waals surface area (Å²) in [6.07, 6.45) is 1.87. The van der Waals surface area contributed by atoms with Crippen LogP contribution in [-0.4, -0.2) is 4.57 Å². The van der Waals surface area contributed by atoms with E-state index >= 15 is 0 Å². The molecule has 0 bridgehead atoms. The highest BCUT2D eigenvalue weighted by Crippen LogP contribution is 2.33.